The van der Waals surface area contributed by atoms with Crippen molar-refractivity contribution in [1.29, 1.82) is 0 Å². The molecule has 1 saturated heterocycles. The van der Waals surface area contributed by atoms with Crippen LogP contribution in [0.3, 0.4) is 0 Å². The summed E-state index contributed by atoms with van der Waals surface area (Å²) < 4.78 is 12.0. The van der Waals surface area contributed by atoms with Gasteiger partial charge in [-0.05, 0) is 43.5 Å². The average Bonchev–Trinajstić information content (AvgIpc) is 3.20. The van der Waals surface area contributed by atoms with E-state index in [0.717, 1.165) is 33.6 Å². The molecule has 0 bridgehead atoms. The summed E-state index contributed by atoms with van der Waals surface area (Å²) in [6.07, 6.45) is -0.528. The molecule has 1 heterocycles. The van der Waals surface area contributed by atoms with Gasteiger partial charge >= 0.3 is 6.09 Å². The van der Waals surface area contributed by atoms with Gasteiger partial charge in [0.1, 0.15) is 24.0 Å². The Balaban J connectivity index is 1.51. The van der Waals surface area contributed by atoms with E-state index in [1.54, 1.807) is 0 Å². The van der Waals surface area contributed by atoms with E-state index in [1.807, 2.05) is 124 Å². The van der Waals surface area contributed by atoms with Crippen LogP contribution in [-0.4, -0.2) is 22.5 Å². The lowest BCUT2D eigenvalue weighted by Gasteiger charge is -2.29. The molecule has 2 amide bonds. The van der Waals surface area contributed by atoms with E-state index in [-0.39, 0.29) is 18.2 Å². The second-order valence-corrected chi connectivity index (χ2v) is 10.5. The van der Waals surface area contributed by atoms with Crippen LogP contribution in [-0.2, 0) is 16.1 Å². The SMILES string of the molecule is Cc1ccc(OCc2ccccc2)c([C@@H](CC(=O)N2C(=O)OC(C)(C)[C@@H]2c2ccccc2)c2ccccc2)c1. The van der Waals surface area contributed by atoms with Gasteiger partial charge in [0.25, 0.3) is 0 Å². The maximum atomic E-state index is 14.0. The second kappa shape index (κ2) is 11.2. The Hall–Kier alpha value is -4.38. The van der Waals surface area contributed by atoms with Crippen molar-refractivity contribution in [2.45, 2.75) is 51.4 Å². The second-order valence-electron chi connectivity index (χ2n) is 10.5. The predicted molar refractivity (Wildman–Crippen MR) is 151 cm³/mol. The molecule has 4 aromatic carbocycles. The topological polar surface area (TPSA) is 55.8 Å². The van der Waals surface area contributed by atoms with Gasteiger partial charge in [-0.15, -0.1) is 0 Å². The van der Waals surface area contributed by atoms with Crippen LogP contribution in [0.25, 0.3) is 0 Å². The molecule has 0 unspecified atom stereocenters. The first kappa shape index (κ1) is 26.2. The lowest BCUT2D eigenvalue weighted by Crippen LogP contribution is -2.38. The maximum Gasteiger partial charge on any atom is 0.417 e. The largest absolute Gasteiger partial charge is 0.489 e. The summed E-state index contributed by atoms with van der Waals surface area (Å²) in [5.41, 5.74) is 4.01. The Kier molecular flexibility index (Phi) is 7.51. The van der Waals surface area contributed by atoms with Crippen molar-refractivity contribution in [3.63, 3.8) is 0 Å². The number of carbonyl (C=O) groups is 2. The molecule has 0 aromatic heterocycles. The van der Waals surface area contributed by atoms with Crippen LogP contribution in [0.15, 0.2) is 109 Å². The van der Waals surface area contributed by atoms with Crippen LogP contribution in [0.4, 0.5) is 4.79 Å². The van der Waals surface area contributed by atoms with E-state index in [2.05, 4.69) is 6.07 Å². The minimum Gasteiger partial charge on any atom is -0.489 e. The molecule has 0 saturated carbocycles. The van der Waals surface area contributed by atoms with Crippen LogP contribution in [0.1, 0.15) is 60.0 Å². The van der Waals surface area contributed by atoms with Gasteiger partial charge in [0.15, 0.2) is 0 Å². The van der Waals surface area contributed by atoms with E-state index in [0.29, 0.717) is 6.61 Å². The first-order valence-electron chi connectivity index (χ1n) is 13.3. The number of hydrogen-bond donors (Lipinski definition) is 0. The van der Waals surface area contributed by atoms with Gasteiger partial charge in [0, 0.05) is 17.9 Å². The summed E-state index contributed by atoms with van der Waals surface area (Å²) in [7, 11) is 0. The van der Waals surface area contributed by atoms with Gasteiger partial charge in [-0.25, -0.2) is 9.69 Å². The van der Waals surface area contributed by atoms with Crippen molar-refractivity contribution in [3.8, 4) is 5.75 Å². The minimum atomic E-state index is -0.858. The van der Waals surface area contributed by atoms with Crippen molar-refractivity contribution in [3.05, 3.63) is 137 Å². The summed E-state index contributed by atoms with van der Waals surface area (Å²) in [6.45, 7) is 6.14. The molecule has 5 nitrogen and oxygen atoms in total. The fraction of sp³-hybridized carbons (Fsp3) is 0.235. The average molecular weight is 520 g/mol. The first-order chi connectivity index (χ1) is 18.8. The zero-order valence-corrected chi connectivity index (χ0v) is 22.5. The lowest BCUT2D eigenvalue weighted by molar-refractivity contribution is -0.130. The van der Waals surface area contributed by atoms with E-state index in [1.165, 1.54) is 4.90 Å². The molecule has 39 heavy (non-hydrogen) atoms. The number of nitrogens with zero attached hydrogens (tertiary/aromatic N) is 1. The normalized spacial score (nSPS) is 16.9. The van der Waals surface area contributed by atoms with Crippen molar-refractivity contribution in [2.75, 3.05) is 0 Å². The zero-order chi connectivity index (χ0) is 27.4. The summed E-state index contributed by atoms with van der Waals surface area (Å²) in [5, 5.41) is 0. The third-order valence-corrected chi connectivity index (χ3v) is 7.21. The molecule has 1 fully saturated rings. The van der Waals surface area contributed by atoms with Crippen molar-refractivity contribution >= 4 is 12.0 Å². The number of rotatable bonds is 8. The predicted octanol–water partition coefficient (Wildman–Crippen LogP) is 7.59. The molecular formula is C34H33NO4. The molecule has 0 spiro atoms. The summed E-state index contributed by atoms with van der Waals surface area (Å²) in [6, 6.07) is 35.0. The standard InChI is InChI=1S/C34H33NO4/c1-24-19-20-30(38-23-25-13-7-4-8-14-25)29(21-24)28(26-15-9-5-10-16-26)22-31(36)35-32(27-17-11-6-12-18-27)34(2,3)39-33(35)37/h4-21,28,32H,22-23H2,1-3H3/t28-,32-/m0/s1. The number of aryl methyl sites for hydroxylation is 1. The lowest BCUT2D eigenvalue weighted by atomic mass is 9.85. The Labute approximate surface area is 230 Å². The Morgan fingerprint density at radius 2 is 1.51 bits per heavy atom. The molecule has 2 atom stereocenters. The summed E-state index contributed by atoms with van der Waals surface area (Å²) in [4.78, 5) is 28.4. The van der Waals surface area contributed by atoms with E-state index in [4.69, 9.17) is 9.47 Å². The molecule has 5 heteroatoms. The highest BCUT2D eigenvalue weighted by Gasteiger charge is 2.51. The molecule has 1 aliphatic rings. The van der Waals surface area contributed by atoms with E-state index < -0.39 is 17.7 Å². The number of amides is 2. The highest BCUT2D eigenvalue weighted by Crippen LogP contribution is 2.43. The summed E-state index contributed by atoms with van der Waals surface area (Å²) in [5.74, 6) is 0.108. The van der Waals surface area contributed by atoms with Crippen LogP contribution >= 0.6 is 0 Å². The number of ether oxygens (including phenoxy) is 2. The van der Waals surface area contributed by atoms with Gasteiger partial charge in [-0.2, -0.15) is 0 Å². The van der Waals surface area contributed by atoms with Crippen molar-refractivity contribution in [1.82, 2.24) is 4.90 Å². The van der Waals surface area contributed by atoms with Gasteiger partial charge in [-0.1, -0.05) is 109 Å². The van der Waals surface area contributed by atoms with Gasteiger partial charge < -0.3 is 9.47 Å². The molecule has 5 rings (SSSR count). The van der Waals surface area contributed by atoms with Crippen molar-refractivity contribution in [2.24, 2.45) is 0 Å². The monoisotopic (exact) mass is 519 g/mol. The Bertz CT molecular complexity index is 1430. The molecular weight excluding hydrogens is 486 g/mol. The quantitative estimate of drug-likeness (QED) is 0.241. The fourth-order valence-corrected chi connectivity index (χ4v) is 5.35. The molecule has 4 aromatic rings. The fourth-order valence-electron chi connectivity index (χ4n) is 5.35. The molecule has 198 valence electrons. The highest BCUT2D eigenvalue weighted by molar-refractivity contribution is 5.95. The first-order valence-corrected chi connectivity index (χ1v) is 13.3. The third-order valence-electron chi connectivity index (χ3n) is 7.21. The number of imide groups is 1. The van der Waals surface area contributed by atoms with Gasteiger partial charge in [-0.3, -0.25) is 4.79 Å². The van der Waals surface area contributed by atoms with Crippen LogP contribution < -0.4 is 4.74 Å². The molecule has 0 aliphatic carbocycles. The van der Waals surface area contributed by atoms with Gasteiger partial charge in [0.05, 0.1) is 0 Å². The van der Waals surface area contributed by atoms with Crippen LogP contribution in [0.2, 0.25) is 0 Å². The Morgan fingerprint density at radius 1 is 0.897 bits per heavy atom. The minimum absolute atomic E-state index is 0.0870. The Morgan fingerprint density at radius 3 is 2.18 bits per heavy atom. The number of hydrogen-bond acceptors (Lipinski definition) is 4. The zero-order valence-electron chi connectivity index (χ0n) is 22.5. The molecule has 0 N–H and O–H groups in total. The smallest absolute Gasteiger partial charge is 0.417 e. The van der Waals surface area contributed by atoms with E-state index in [9.17, 15) is 9.59 Å². The maximum absolute atomic E-state index is 14.0. The number of cyclic esters (lactones) is 1. The molecule has 1 aliphatic heterocycles. The highest BCUT2D eigenvalue weighted by atomic mass is 16.6. The van der Waals surface area contributed by atoms with E-state index >= 15 is 0 Å². The molecule has 0 radical (unpaired) electrons. The summed E-state index contributed by atoms with van der Waals surface area (Å²) >= 11 is 0. The van der Waals surface area contributed by atoms with Crippen molar-refractivity contribution < 1.29 is 19.1 Å². The number of benzene rings is 4. The number of carbonyl (C=O) groups excluding carboxylic acids is 2. The third kappa shape index (κ3) is 5.73. The van der Waals surface area contributed by atoms with Gasteiger partial charge in [0.2, 0.25) is 5.91 Å². The van der Waals surface area contributed by atoms with Crippen LogP contribution in [0.5, 0.6) is 5.75 Å². The van der Waals surface area contributed by atoms with Crippen LogP contribution in [0, 0.1) is 6.92 Å².